The van der Waals surface area contributed by atoms with E-state index in [4.69, 9.17) is 0 Å². The van der Waals surface area contributed by atoms with Crippen LogP contribution < -0.4 is 0 Å². The quantitative estimate of drug-likeness (QED) is 0.796. The Morgan fingerprint density at radius 2 is 2.41 bits per heavy atom. The van der Waals surface area contributed by atoms with Gasteiger partial charge in [-0.15, -0.1) is 0 Å². The maximum absolute atomic E-state index is 12.0. The second-order valence-corrected chi connectivity index (χ2v) is 4.99. The molecule has 1 atom stereocenters. The third kappa shape index (κ3) is 3.30. The van der Waals surface area contributed by atoms with Crippen LogP contribution in [0.4, 0.5) is 0 Å². The van der Waals surface area contributed by atoms with Crippen LogP contribution in [0.15, 0.2) is 12.3 Å². The van der Waals surface area contributed by atoms with E-state index in [1.54, 1.807) is 6.20 Å². The van der Waals surface area contributed by atoms with E-state index < -0.39 is 5.60 Å². The first-order valence-electron chi connectivity index (χ1n) is 6.05. The van der Waals surface area contributed by atoms with Gasteiger partial charge in [-0.25, -0.2) is 0 Å². The maximum Gasteiger partial charge on any atom is 0.228 e. The molecular weight excluding hydrogens is 218 g/mol. The zero-order valence-electron chi connectivity index (χ0n) is 10.1. The van der Waals surface area contributed by atoms with Crippen LogP contribution in [0.2, 0.25) is 0 Å². The van der Waals surface area contributed by atoms with Gasteiger partial charge in [0.2, 0.25) is 5.91 Å². The summed E-state index contributed by atoms with van der Waals surface area (Å²) in [6.07, 6.45) is 4.29. The molecule has 0 aliphatic carbocycles. The number of amides is 1. The molecule has 1 saturated heterocycles. The fourth-order valence-corrected chi connectivity index (χ4v) is 2.17. The van der Waals surface area contributed by atoms with Crippen LogP contribution in [0.1, 0.15) is 31.9 Å². The van der Waals surface area contributed by atoms with Crippen LogP contribution in [0.3, 0.4) is 0 Å². The summed E-state index contributed by atoms with van der Waals surface area (Å²) < 4.78 is 0. The average Bonchev–Trinajstić information content (AvgIpc) is 2.68. The number of nitrogens with one attached hydrogen (secondary N) is 1. The molecule has 1 unspecified atom stereocenters. The van der Waals surface area contributed by atoms with Crippen molar-refractivity contribution in [2.75, 3.05) is 13.1 Å². The highest BCUT2D eigenvalue weighted by Gasteiger charge is 2.26. The lowest BCUT2D eigenvalue weighted by Gasteiger charge is -2.22. The number of hydrogen-bond acceptors (Lipinski definition) is 3. The number of rotatable bonds is 2. The Bertz CT molecular complexity index is 373. The lowest BCUT2D eigenvalue weighted by Crippen LogP contribution is -2.34. The second kappa shape index (κ2) is 4.87. The molecule has 1 amide bonds. The summed E-state index contributed by atoms with van der Waals surface area (Å²) in [6.45, 7) is 3.22. The van der Waals surface area contributed by atoms with Gasteiger partial charge in [0.05, 0.1) is 12.0 Å². The minimum absolute atomic E-state index is 0.104. The van der Waals surface area contributed by atoms with Crippen molar-refractivity contribution in [1.82, 2.24) is 15.1 Å². The molecule has 0 saturated carbocycles. The van der Waals surface area contributed by atoms with Crippen molar-refractivity contribution in [1.29, 1.82) is 0 Å². The topological polar surface area (TPSA) is 69.2 Å². The first kappa shape index (κ1) is 12.1. The molecule has 2 heterocycles. The van der Waals surface area contributed by atoms with E-state index in [0.717, 1.165) is 25.1 Å². The van der Waals surface area contributed by atoms with Crippen molar-refractivity contribution < 1.29 is 9.90 Å². The Balaban J connectivity index is 1.91. The standard InChI is InChI=1S/C12H19N3O2/c1-12(17)4-2-7-15(8-5-12)11(16)9-10-3-6-13-14-10/h3,6,17H,2,4-5,7-9H2,1H3,(H,13,14). The maximum atomic E-state index is 12.0. The van der Waals surface area contributed by atoms with Crippen LogP contribution >= 0.6 is 0 Å². The average molecular weight is 237 g/mol. The number of carbonyl (C=O) groups is 1. The number of likely N-dealkylation sites (tertiary alicyclic amines) is 1. The minimum atomic E-state index is -0.622. The van der Waals surface area contributed by atoms with Gasteiger partial charge >= 0.3 is 0 Å². The van der Waals surface area contributed by atoms with Gasteiger partial charge in [0, 0.05) is 25.0 Å². The predicted molar refractivity (Wildman–Crippen MR) is 63.3 cm³/mol. The van der Waals surface area contributed by atoms with Gasteiger partial charge in [0.25, 0.3) is 0 Å². The fourth-order valence-electron chi connectivity index (χ4n) is 2.17. The van der Waals surface area contributed by atoms with E-state index in [1.165, 1.54) is 0 Å². The first-order chi connectivity index (χ1) is 8.07. The monoisotopic (exact) mass is 237 g/mol. The number of aromatic nitrogens is 2. The molecule has 0 radical (unpaired) electrons. The zero-order chi connectivity index (χ0) is 12.3. The summed E-state index contributed by atoms with van der Waals surface area (Å²) in [5, 5.41) is 16.6. The number of hydrogen-bond donors (Lipinski definition) is 2. The molecule has 2 N–H and O–H groups in total. The Labute approximate surface area is 101 Å². The van der Waals surface area contributed by atoms with E-state index in [1.807, 2.05) is 17.9 Å². The SMILES string of the molecule is CC1(O)CCCN(C(=O)Cc2ccn[nH]2)CC1. The van der Waals surface area contributed by atoms with Crippen molar-refractivity contribution >= 4 is 5.91 Å². The summed E-state index contributed by atoms with van der Waals surface area (Å²) in [5.41, 5.74) is 0.217. The fraction of sp³-hybridized carbons (Fsp3) is 0.667. The Morgan fingerprint density at radius 3 is 3.12 bits per heavy atom. The summed E-state index contributed by atoms with van der Waals surface area (Å²) in [7, 11) is 0. The van der Waals surface area contributed by atoms with Gasteiger partial charge < -0.3 is 10.0 Å². The molecule has 5 heteroatoms. The highest BCUT2D eigenvalue weighted by Crippen LogP contribution is 2.21. The molecule has 0 spiro atoms. The highest BCUT2D eigenvalue weighted by molar-refractivity contribution is 5.78. The van der Waals surface area contributed by atoms with E-state index >= 15 is 0 Å². The summed E-state index contributed by atoms with van der Waals surface area (Å²) in [5.74, 6) is 0.104. The molecule has 2 rings (SSSR count). The normalized spacial score (nSPS) is 25.6. The van der Waals surface area contributed by atoms with Crippen LogP contribution in [0.25, 0.3) is 0 Å². The highest BCUT2D eigenvalue weighted by atomic mass is 16.3. The zero-order valence-corrected chi connectivity index (χ0v) is 10.1. The lowest BCUT2D eigenvalue weighted by molar-refractivity contribution is -0.130. The van der Waals surface area contributed by atoms with Gasteiger partial charge in [-0.3, -0.25) is 9.89 Å². The number of aliphatic hydroxyl groups is 1. The van der Waals surface area contributed by atoms with Gasteiger partial charge in [-0.05, 0) is 32.3 Å². The predicted octanol–water partition coefficient (Wildman–Crippen LogP) is 0.716. The minimum Gasteiger partial charge on any atom is -0.390 e. The molecule has 1 fully saturated rings. The van der Waals surface area contributed by atoms with E-state index in [-0.39, 0.29) is 5.91 Å². The largest absolute Gasteiger partial charge is 0.390 e. The molecule has 94 valence electrons. The molecule has 1 aromatic rings. The van der Waals surface area contributed by atoms with Crippen LogP contribution in [-0.4, -0.2) is 44.8 Å². The molecule has 1 aromatic heterocycles. The molecule has 5 nitrogen and oxygen atoms in total. The summed E-state index contributed by atoms with van der Waals surface area (Å²) >= 11 is 0. The van der Waals surface area contributed by atoms with Gasteiger partial charge in [0.1, 0.15) is 0 Å². The van der Waals surface area contributed by atoms with Crippen molar-refractivity contribution in [2.24, 2.45) is 0 Å². The van der Waals surface area contributed by atoms with Crippen molar-refractivity contribution in [3.8, 4) is 0 Å². The summed E-state index contributed by atoms with van der Waals surface area (Å²) in [4.78, 5) is 13.9. The van der Waals surface area contributed by atoms with E-state index in [0.29, 0.717) is 19.4 Å². The third-order valence-corrected chi connectivity index (χ3v) is 3.32. The third-order valence-electron chi connectivity index (χ3n) is 3.32. The Kier molecular flexibility index (Phi) is 3.47. The smallest absolute Gasteiger partial charge is 0.228 e. The number of nitrogens with zero attached hydrogens (tertiary/aromatic N) is 2. The molecule has 17 heavy (non-hydrogen) atoms. The Hall–Kier alpha value is -1.36. The molecule has 0 aromatic carbocycles. The van der Waals surface area contributed by atoms with E-state index in [9.17, 15) is 9.90 Å². The van der Waals surface area contributed by atoms with E-state index in [2.05, 4.69) is 10.2 Å². The Morgan fingerprint density at radius 1 is 1.59 bits per heavy atom. The van der Waals surface area contributed by atoms with Gasteiger partial charge in [-0.2, -0.15) is 5.10 Å². The second-order valence-electron chi connectivity index (χ2n) is 4.99. The molecule has 1 aliphatic heterocycles. The van der Waals surface area contributed by atoms with Crippen molar-refractivity contribution in [2.45, 2.75) is 38.2 Å². The first-order valence-corrected chi connectivity index (χ1v) is 6.05. The molecule has 1 aliphatic rings. The van der Waals surface area contributed by atoms with Crippen LogP contribution in [-0.2, 0) is 11.2 Å². The van der Waals surface area contributed by atoms with Gasteiger partial charge in [-0.1, -0.05) is 0 Å². The summed E-state index contributed by atoms with van der Waals surface area (Å²) in [6, 6.07) is 1.81. The van der Waals surface area contributed by atoms with Gasteiger partial charge in [0.15, 0.2) is 0 Å². The lowest BCUT2D eigenvalue weighted by atomic mass is 9.98. The number of aromatic amines is 1. The van der Waals surface area contributed by atoms with Crippen molar-refractivity contribution in [3.63, 3.8) is 0 Å². The van der Waals surface area contributed by atoms with Crippen molar-refractivity contribution in [3.05, 3.63) is 18.0 Å². The van der Waals surface area contributed by atoms with Crippen LogP contribution in [0.5, 0.6) is 0 Å². The number of H-pyrrole nitrogens is 1. The number of carbonyl (C=O) groups excluding carboxylic acids is 1. The molecule has 0 bridgehead atoms. The van der Waals surface area contributed by atoms with Crippen LogP contribution in [0, 0.1) is 0 Å². The molecular formula is C12H19N3O2.